The number of phenolic OH excluding ortho intramolecular Hbond substituents is 2. The Morgan fingerprint density at radius 1 is 0.466 bits per heavy atom. The minimum Gasteiger partial charge on any atom is -0.506 e. The van der Waals surface area contributed by atoms with Crippen molar-refractivity contribution in [3.63, 3.8) is 0 Å². The summed E-state index contributed by atoms with van der Waals surface area (Å²) in [5, 5.41) is 36.8. The maximum absolute atomic E-state index is 14.6. The molecular formula is C44H48F6N4O4. The Balaban J connectivity index is 1.82. The summed E-state index contributed by atoms with van der Waals surface area (Å²) in [5.74, 6) is -2.18. The molecule has 8 nitrogen and oxygen atoms in total. The number of hydrogen-bond donors (Lipinski definition) is 2. The first-order valence-corrected chi connectivity index (χ1v) is 18.3. The predicted molar refractivity (Wildman–Crippen MR) is 211 cm³/mol. The van der Waals surface area contributed by atoms with Crippen LogP contribution < -0.4 is 0 Å². The van der Waals surface area contributed by atoms with Crippen molar-refractivity contribution in [2.24, 2.45) is 42.1 Å². The van der Waals surface area contributed by atoms with Gasteiger partial charge in [0.15, 0.2) is 11.6 Å². The second-order valence-electron chi connectivity index (χ2n) is 18.3. The molecule has 58 heavy (non-hydrogen) atoms. The van der Waals surface area contributed by atoms with E-state index in [0.717, 1.165) is 0 Å². The van der Waals surface area contributed by atoms with E-state index in [-0.39, 0.29) is 11.6 Å². The molecule has 0 aromatic heterocycles. The summed E-state index contributed by atoms with van der Waals surface area (Å²) in [6.45, 7) is 22.2. The third-order valence-corrected chi connectivity index (χ3v) is 9.33. The van der Waals surface area contributed by atoms with Gasteiger partial charge in [-0.15, -0.1) is 10.2 Å². The van der Waals surface area contributed by atoms with Gasteiger partial charge in [0, 0.05) is 22.3 Å². The normalized spacial score (nSPS) is 16.5. The van der Waals surface area contributed by atoms with Crippen molar-refractivity contribution in [2.45, 2.75) is 95.4 Å². The molecule has 2 aliphatic rings. The number of halogens is 6. The van der Waals surface area contributed by atoms with Crippen molar-refractivity contribution in [1.82, 2.24) is 0 Å². The van der Waals surface area contributed by atoms with E-state index in [2.05, 4.69) is 20.5 Å². The van der Waals surface area contributed by atoms with E-state index in [1.165, 1.54) is 12.4 Å². The van der Waals surface area contributed by atoms with Crippen molar-refractivity contribution in [3.05, 3.63) is 106 Å². The summed E-state index contributed by atoms with van der Waals surface area (Å²) in [6.07, 6.45) is -1.77. The van der Waals surface area contributed by atoms with Crippen LogP contribution >= 0.6 is 0 Å². The fourth-order valence-corrected chi connectivity index (χ4v) is 6.22. The molecule has 2 aromatic rings. The molecule has 0 radical (unpaired) electrons. The number of alkyl halides is 6. The first-order valence-electron chi connectivity index (χ1n) is 18.3. The van der Waals surface area contributed by atoms with Crippen molar-refractivity contribution in [2.75, 3.05) is 0 Å². The van der Waals surface area contributed by atoms with Crippen molar-refractivity contribution in [1.29, 1.82) is 0 Å². The van der Waals surface area contributed by atoms with Gasteiger partial charge >= 0.3 is 12.4 Å². The standard InChI is InChI=1S/C44H48F6N4O4/c1-39(2,3)29-13-23(14-30(37(29)57)40(4,5)6)21-51-53-33-19-27(43(45,46)47)25(17-35(33)55)26-18-36(56)34(20-28(26)44(48,49)50)54-52-22-24-15-31(41(7,8)9)38(58)32(16-24)42(10,11)12/h13-22,55-56H,1-12H3/b53-51+,54-52+. The molecule has 0 saturated heterocycles. The Morgan fingerprint density at radius 3 is 0.948 bits per heavy atom. The highest BCUT2D eigenvalue weighted by molar-refractivity contribution is 6.12. The van der Waals surface area contributed by atoms with Crippen LogP contribution in [0.3, 0.4) is 0 Å². The van der Waals surface area contributed by atoms with Gasteiger partial charge in [0.2, 0.25) is 0 Å². The fourth-order valence-electron chi connectivity index (χ4n) is 6.22. The molecule has 14 heteroatoms. The SMILES string of the molecule is CC(C)(C)C1=CC(=C/N=N/c2cc(C(F)(F)F)c(-c3cc(O)c(/N=N/C=C4C=C(C(C)(C)C)C(=O)C(C(C)(C)C)=C4)cc3C(F)(F)F)cc2O)C=C(C(C)(C)C)C1=O. The van der Waals surface area contributed by atoms with Crippen molar-refractivity contribution in [3.8, 4) is 22.6 Å². The second kappa shape index (κ2) is 15.4. The fraction of sp³-hybridized carbons (Fsp3) is 0.409. The molecule has 0 bridgehead atoms. The van der Waals surface area contributed by atoms with E-state index in [4.69, 9.17) is 0 Å². The highest BCUT2D eigenvalue weighted by Crippen LogP contribution is 2.49. The summed E-state index contributed by atoms with van der Waals surface area (Å²) in [6, 6.07) is 1.65. The van der Waals surface area contributed by atoms with Gasteiger partial charge in [-0.2, -0.15) is 36.6 Å². The molecule has 0 saturated carbocycles. The quantitative estimate of drug-likeness (QED) is 0.230. The van der Waals surface area contributed by atoms with E-state index in [0.29, 0.717) is 57.7 Å². The monoisotopic (exact) mass is 810 g/mol. The van der Waals surface area contributed by atoms with E-state index < -0.39 is 79.1 Å². The zero-order valence-electron chi connectivity index (χ0n) is 34.5. The lowest BCUT2D eigenvalue weighted by atomic mass is 9.72. The summed E-state index contributed by atoms with van der Waals surface area (Å²) in [4.78, 5) is 26.5. The molecule has 0 fully saturated rings. The highest BCUT2D eigenvalue weighted by atomic mass is 19.4. The number of phenols is 2. The minimum absolute atomic E-state index is 0.160. The molecule has 2 aliphatic carbocycles. The van der Waals surface area contributed by atoms with Crippen LogP contribution in [0.2, 0.25) is 0 Å². The molecule has 0 aliphatic heterocycles. The number of carbonyl (C=O) groups excluding carboxylic acids is 2. The van der Waals surface area contributed by atoms with Gasteiger partial charge in [-0.25, -0.2) is 0 Å². The predicted octanol–water partition coefficient (Wildman–Crippen LogP) is 13.8. The number of aromatic hydroxyl groups is 2. The number of carbonyl (C=O) groups is 2. The lowest BCUT2D eigenvalue weighted by Crippen LogP contribution is -2.27. The lowest BCUT2D eigenvalue weighted by molar-refractivity contribution is -0.139. The van der Waals surface area contributed by atoms with Crippen molar-refractivity contribution < 1.29 is 46.1 Å². The number of rotatable bonds is 5. The molecule has 0 heterocycles. The van der Waals surface area contributed by atoms with Gasteiger partial charge in [0.05, 0.1) is 23.5 Å². The summed E-state index contributed by atoms with van der Waals surface area (Å²) >= 11 is 0. The van der Waals surface area contributed by atoms with Crippen LogP contribution in [0.15, 0.2) is 115 Å². The maximum atomic E-state index is 14.6. The number of allylic oxidation sites excluding steroid dienone is 10. The van der Waals surface area contributed by atoms with E-state index >= 15 is 0 Å². The molecule has 0 atom stereocenters. The van der Waals surface area contributed by atoms with Crippen LogP contribution in [0.4, 0.5) is 37.7 Å². The maximum Gasteiger partial charge on any atom is 0.417 e. The Hall–Kier alpha value is -5.40. The number of benzene rings is 2. The van der Waals surface area contributed by atoms with Crippen LogP contribution in [0.5, 0.6) is 11.5 Å². The largest absolute Gasteiger partial charge is 0.506 e. The van der Waals surface area contributed by atoms with Crippen LogP contribution in [-0.4, -0.2) is 21.8 Å². The van der Waals surface area contributed by atoms with Gasteiger partial charge in [0.25, 0.3) is 0 Å². The second-order valence-corrected chi connectivity index (χ2v) is 18.3. The average molecular weight is 811 g/mol. The first-order chi connectivity index (χ1) is 26.2. The zero-order valence-corrected chi connectivity index (χ0v) is 34.5. The van der Waals surface area contributed by atoms with Crippen LogP contribution in [0.1, 0.15) is 94.2 Å². The van der Waals surface area contributed by atoms with Crippen molar-refractivity contribution >= 4 is 22.9 Å². The Morgan fingerprint density at radius 2 is 0.724 bits per heavy atom. The minimum atomic E-state index is -5.26. The first kappa shape index (κ1) is 45.3. The van der Waals surface area contributed by atoms with Gasteiger partial charge < -0.3 is 10.2 Å². The average Bonchev–Trinajstić information content (AvgIpc) is 3.04. The summed E-state index contributed by atoms with van der Waals surface area (Å²) < 4.78 is 87.3. The van der Waals surface area contributed by atoms with E-state index in [1.807, 2.05) is 83.1 Å². The molecule has 2 N–H and O–H groups in total. The molecule has 2 aromatic carbocycles. The van der Waals surface area contributed by atoms with Crippen LogP contribution in [0.25, 0.3) is 11.1 Å². The number of Topliss-reactive ketones (excluding diaryl/α,β-unsaturated/α-hetero) is 2. The third-order valence-electron chi connectivity index (χ3n) is 9.33. The molecule has 0 amide bonds. The third kappa shape index (κ3) is 10.2. The molecule has 4 rings (SSSR count). The number of ketones is 2. The van der Waals surface area contributed by atoms with Gasteiger partial charge in [-0.1, -0.05) is 83.1 Å². The van der Waals surface area contributed by atoms with Crippen LogP contribution in [-0.2, 0) is 21.9 Å². The Bertz CT molecular complexity index is 2060. The number of nitrogens with zero attached hydrogens (tertiary/aromatic N) is 4. The lowest BCUT2D eigenvalue weighted by Gasteiger charge is -2.31. The molecule has 0 spiro atoms. The van der Waals surface area contributed by atoms with Gasteiger partial charge in [-0.05, 0) is 92.5 Å². The van der Waals surface area contributed by atoms with E-state index in [9.17, 15) is 46.1 Å². The summed E-state index contributed by atoms with van der Waals surface area (Å²) in [5.41, 5.74) is -6.31. The molecule has 310 valence electrons. The highest BCUT2D eigenvalue weighted by Gasteiger charge is 2.41. The Labute approximate surface area is 334 Å². The molecular weight excluding hydrogens is 762 g/mol. The summed E-state index contributed by atoms with van der Waals surface area (Å²) in [7, 11) is 0. The van der Waals surface area contributed by atoms with Crippen LogP contribution in [0, 0.1) is 21.7 Å². The molecule has 0 unspecified atom stereocenters. The van der Waals surface area contributed by atoms with Gasteiger partial charge in [-0.3, -0.25) is 9.59 Å². The Kier molecular flexibility index (Phi) is 12.0. The number of hydrogen-bond acceptors (Lipinski definition) is 8. The van der Waals surface area contributed by atoms with Gasteiger partial charge in [0.1, 0.15) is 22.9 Å². The zero-order chi connectivity index (χ0) is 44.1. The van der Waals surface area contributed by atoms with E-state index in [1.54, 1.807) is 24.3 Å². The topological polar surface area (TPSA) is 124 Å². The smallest absolute Gasteiger partial charge is 0.417 e. The number of azo groups is 2.